The summed E-state index contributed by atoms with van der Waals surface area (Å²) in [5.41, 5.74) is 6.64. The third-order valence-corrected chi connectivity index (χ3v) is 3.07. The van der Waals surface area contributed by atoms with E-state index >= 15 is 0 Å². The number of nitrogens with two attached hydrogens (primary N) is 1. The monoisotopic (exact) mass is 215 g/mol. The molecule has 2 N–H and O–H groups in total. The van der Waals surface area contributed by atoms with Crippen molar-refractivity contribution >= 4 is 0 Å². The number of hydrogen-bond acceptors (Lipinski definition) is 3. The maximum atomic E-state index is 9.03. The van der Waals surface area contributed by atoms with E-state index in [1.165, 1.54) is 5.56 Å². The van der Waals surface area contributed by atoms with Gasteiger partial charge < -0.3 is 5.73 Å². The molecule has 0 spiro atoms. The van der Waals surface area contributed by atoms with Gasteiger partial charge >= 0.3 is 0 Å². The third-order valence-electron chi connectivity index (χ3n) is 3.07. The second kappa shape index (κ2) is 4.65. The van der Waals surface area contributed by atoms with Gasteiger partial charge in [-0.2, -0.15) is 5.26 Å². The second-order valence-corrected chi connectivity index (χ2v) is 4.57. The first kappa shape index (κ1) is 11.1. The minimum Gasteiger partial charge on any atom is -0.312 e. The van der Waals surface area contributed by atoms with Crippen molar-refractivity contribution in [2.75, 3.05) is 13.1 Å². The fraction of sp³-hybridized carbons (Fsp3) is 0.462. The third kappa shape index (κ3) is 2.60. The van der Waals surface area contributed by atoms with Crippen molar-refractivity contribution in [2.24, 2.45) is 5.73 Å². The SMILES string of the molecule is N#CC1(N)CCCN(Cc2ccccc2)C1. The zero-order chi connectivity index (χ0) is 11.4. The summed E-state index contributed by atoms with van der Waals surface area (Å²) in [4.78, 5) is 2.27. The second-order valence-electron chi connectivity index (χ2n) is 4.57. The van der Waals surface area contributed by atoms with Gasteiger partial charge in [0.05, 0.1) is 6.07 Å². The van der Waals surface area contributed by atoms with Crippen LogP contribution in [0.1, 0.15) is 18.4 Å². The van der Waals surface area contributed by atoms with Crippen LogP contribution in [0.2, 0.25) is 0 Å². The van der Waals surface area contributed by atoms with Crippen molar-refractivity contribution in [3.8, 4) is 6.07 Å². The lowest BCUT2D eigenvalue weighted by Gasteiger charge is -2.35. The summed E-state index contributed by atoms with van der Waals surface area (Å²) in [7, 11) is 0. The van der Waals surface area contributed by atoms with Crippen LogP contribution in [-0.2, 0) is 6.54 Å². The molecule has 0 bridgehead atoms. The van der Waals surface area contributed by atoms with E-state index in [0.29, 0.717) is 6.54 Å². The van der Waals surface area contributed by atoms with E-state index in [2.05, 4.69) is 23.1 Å². The molecule has 1 aliphatic heterocycles. The topological polar surface area (TPSA) is 53.1 Å². The van der Waals surface area contributed by atoms with Crippen molar-refractivity contribution in [1.29, 1.82) is 5.26 Å². The Balaban J connectivity index is 1.99. The van der Waals surface area contributed by atoms with Crippen LogP contribution in [0.15, 0.2) is 30.3 Å². The molecule has 1 saturated heterocycles. The molecule has 16 heavy (non-hydrogen) atoms. The van der Waals surface area contributed by atoms with E-state index in [1.807, 2.05) is 18.2 Å². The predicted molar refractivity (Wildman–Crippen MR) is 63.5 cm³/mol. The zero-order valence-electron chi connectivity index (χ0n) is 9.39. The van der Waals surface area contributed by atoms with Crippen LogP contribution in [0.5, 0.6) is 0 Å². The van der Waals surface area contributed by atoms with Gasteiger partial charge in [0.25, 0.3) is 0 Å². The molecule has 1 aliphatic rings. The Kier molecular flexibility index (Phi) is 3.23. The molecule has 1 fully saturated rings. The summed E-state index contributed by atoms with van der Waals surface area (Å²) < 4.78 is 0. The maximum absolute atomic E-state index is 9.03. The molecule has 3 heteroatoms. The van der Waals surface area contributed by atoms with E-state index in [0.717, 1.165) is 25.9 Å². The molecular weight excluding hydrogens is 198 g/mol. The Morgan fingerprint density at radius 2 is 2.12 bits per heavy atom. The number of rotatable bonds is 2. The average Bonchev–Trinajstić information content (AvgIpc) is 2.30. The van der Waals surface area contributed by atoms with Crippen LogP contribution in [0.25, 0.3) is 0 Å². The molecule has 0 saturated carbocycles. The molecule has 84 valence electrons. The quantitative estimate of drug-likeness (QED) is 0.813. The van der Waals surface area contributed by atoms with Gasteiger partial charge in [-0.3, -0.25) is 4.90 Å². The highest BCUT2D eigenvalue weighted by Crippen LogP contribution is 2.19. The summed E-state index contributed by atoms with van der Waals surface area (Å²) in [6.07, 6.45) is 1.83. The average molecular weight is 215 g/mol. The van der Waals surface area contributed by atoms with Crippen molar-refractivity contribution < 1.29 is 0 Å². The number of benzene rings is 1. The van der Waals surface area contributed by atoms with Crippen LogP contribution in [-0.4, -0.2) is 23.5 Å². The van der Waals surface area contributed by atoms with Gasteiger partial charge in [-0.15, -0.1) is 0 Å². The summed E-state index contributed by atoms with van der Waals surface area (Å²) in [5.74, 6) is 0. The van der Waals surface area contributed by atoms with Crippen LogP contribution in [0.3, 0.4) is 0 Å². The first-order valence-corrected chi connectivity index (χ1v) is 5.68. The van der Waals surface area contributed by atoms with Gasteiger partial charge in [0.15, 0.2) is 0 Å². The highest BCUT2D eigenvalue weighted by Gasteiger charge is 2.31. The number of likely N-dealkylation sites (tertiary alicyclic amines) is 1. The maximum Gasteiger partial charge on any atom is 0.117 e. The number of piperidine rings is 1. The molecule has 1 aromatic carbocycles. The predicted octanol–water partition coefficient (Wildman–Crippen LogP) is 1.50. The highest BCUT2D eigenvalue weighted by molar-refractivity contribution is 5.16. The van der Waals surface area contributed by atoms with Gasteiger partial charge in [-0.1, -0.05) is 30.3 Å². The van der Waals surface area contributed by atoms with Crippen LogP contribution in [0, 0.1) is 11.3 Å². The summed E-state index contributed by atoms with van der Waals surface area (Å²) >= 11 is 0. The Bertz CT molecular complexity index is 382. The van der Waals surface area contributed by atoms with Gasteiger partial charge in [-0.25, -0.2) is 0 Å². The molecule has 0 aliphatic carbocycles. The van der Waals surface area contributed by atoms with Gasteiger partial charge in [0.1, 0.15) is 5.54 Å². The fourth-order valence-electron chi connectivity index (χ4n) is 2.24. The minimum atomic E-state index is -0.646. The zero-order valence-corrected chi connectivity index (χ0v) is 9.39. The molecule has 1 unspecified atom stereocenters. The Morgan fingerprint density at radius 1 is 1.38 bits per heavy atom. The number of hydrogen-bond donors (Lipinski definition) is 1. The van der Waals surface area contributed by atoms with E-state index < -0.39 is 5.54 Å². The first-order valence-electron chi connectivity index (χ1n) is 5.68. The minimum absolute atomic E-state index is 0.646. The van der Waals surface area contributed by atoms with E-state index in [4.69, 9.17) is 11.0 Å². The largest absolute Gasteiger partial charge is 0.312 e. The molecule has 1 aromatic rings. The lowest BCUT2D eigenvalue weighted by Crippen LogP contribution is -2.52. The molecule has 0 aromatic heterocycles. The lowest BCUT2D eigenvalue weighted by atomic mass is 9.91. The van der Waals surface area contributed by atoms with Crippen molar-refractivity contribution in [3.63, 3.8) is 0 Å². The molecule has 1 atom stereocenters. The standard InChI is InChI=1S/C13H17N3/c14-10-13(15)7-4-8-16(11-13)9-12-5-2-1-3-6-12/h1-3,5-6H,4,7-9,11,15H2. The highest BCUT2D eigenvalue weighted by atomic mass is 15.2. The molecular formula is C13H17N3. The molecule has 1 heterocycles. The molecule has 0 radical (unpaired) electrons. The van der Waals surface area contributed by atoms with Gasteiger partial charge in [0.2, 0.25) is 0 Å². The molecule has 0 amide bonds. The smallest absolute Gasteiger partial charge is 0.117 e. The van der Waals surface area contributed by atoms with E-state index in [-0.39, 0.29) is 0 Å². The van der Waals surface area contributed by atoms with Crippen molar-refractivity contribution in [2.45, 2.75) is 24.9 Å². The van der Waals surface area contributed by atoms with Crippen molar-refractivity contribution in [3.05, 3.63) is 35.9 Å². The first-order chi connectivity index (χ1) is 7.72. The Morgan fingerprint density at radius 3 is 2.81 bits per heavy atom. The summed E-state index contributed by atoms with van der Waals surface area (Å²) in [5, 5.41) is 9.03. The summed E-state index contributed by atoms with van der Waals surface area (Å²) in [6.45, 7) is 2.61. The Hall–Kier alpha value is -1.37. The number of nitrogens with zero attached hydrogens (tertiary/aromatic N) is 2. The Labute approximate surface area is 96.5 Å². The molecule has 2 rings (SSSR count). The van der Waals surface area contributed by atoms with Crippen LogP contribution < -0.4 is 5.73 Å². The summed E-state index contributed by atoms with van der Waals surface area (Å²) in [6, 6.07) is 12.6. The lowest BCUT2D eigenvalue weighted by molar-refractivity contribution is 0.172. The van der Waals surface area contributed by atoms with Gasteiger partial charge in [-0.05, 0) is 24.9 Å². The van der Waals surface area contributed by atoms with Crippen LogP contribution >= 0.6 is 0 Å². The molecule has 3 nitrogen and oxygen atoms in total. The van der Waals surface area contributed by atoms with Crippen molar-refractivity contribution in [1.82, 2.24) is 4.90 Å². The normalized spacial score (nSPS) is 26.2. The van der Waals surface area contributed by atoms with Gasteiger partial charge in [0, 0.05) is 13.1 Å². The number of nitriles is 1. The van der Waals surface area contributed by atoms with E-state index in [1.54, 1.807) is 0 Å². The van der Waals surface area contributed by atoms with Crippen LogP contribution in [0.4, 0.5) is 0 Å². The fourth-order valence-corrected chi connectivity index (χ4v) is 2.24. The van der Waals surface area contributed by atoms with E-state index in [9.17, 15) is 0 Å².